The van der Waals surface area contributed by atoms with E-state index in [1.54, 1.807) is 0 Å². The Morgan fingerprint density at radius 2 is 1.85 bits per heavy atom. The van der Waals surface area contributed by atoms with Crippen LogP contribution < -0.4 is 10.1 Å². The highest BCUT2D eigenvalue weighted by molar-refractivity contribution is 5.31. The molecular formula is C16H23F2NO. The molecule has 0 atom stereocenters. The molecule has 2 rings (SSSR count). The minimum Gasteiger partial charge on any atom is -0.488 e. The van der Waals surface area contributed by atoms with Gasteiger partial charge in [0.15, 0.2) is 17.4 Å². The van der Waals surface area contributed by atoms with Gasteiger partial charge in [0.1, 0.15) is 0 Å². The Labute approximate surface area is 119 Å². The van der Waals surface area contributed by atoms with Crippen LogP contribution in [0.5, 0.6) is 5.75 Å². The molecule has 112 valence electrons. The number of hydrogen-bond acceptors (Lipinski definition) is 2. The first kappa shape index (κ1) is 15.2. The molecule has 1 saturated carbocycles. The van der Waals surface area contributed by atoms with Crippen LogP contribution in [0, 0.1) is 11.6 Å². The Bertz CT molecular complexity index is 409. The van der Waals surface area contributed by atoms with Gasteiger partial charge >= 0.3 is 0 Å². The maximum absolute atomic E-state index is 13.8. The van der Waals surface area contributed by atoms with Crippen molar-refractivity contribution in [3.05, 3.63) is 29.3 Å². The summed E-state index contributed by atoms with van der Waals surface area (Å²) in [6, 6.07) is 3.25. The molecule has 0 amide bonds. The van der Waals surface area contributed by atoms with Gasteiger partial charge in [0.25, 0.3) is 0 Å². The molecule has 0 saturated heterocycles. The molecule has 1 aliphatic rings. The first-order valence-corrected chi connectivity index (χ1v) is 7.54. The van der Waals surface area contributed by atoms with E-state index in [4.69, 9.17) is 4.74 Å². The predicted molar refractivity (Wildman–Crippen MR) is 75.9 cm³/mol. The van der Waals surface area contributed by atoms with Crippen molar-refractivity contribution in [2.45, 2.75) is 58.0 Å². The van der Waals surface area contributed by atoms with Gasteiger partial charge in [0.05, 0.1) is 6.61 Å². The van der Waals surface area contributed by atoms with E-state index in [0.717, 1.165) is 38.5 Å². The molecule has 20 heavy (non-hydrogen) atoms. The van der Waals surface area contributed by atoms with Crippen molar-refractivity contribution in [2.24, 2.45) is 0 Å². The number of rotatable bonds is 9. The maximum atomic E-state index is 13.8. The predicted octanol–water partition coefficient (Wildman–Crippen LogP) is 4.18. The summed E-state index contributed by atoms with van der Waals surface area (Å²) in [5, 5.41) is 3.24. The summed E-state index contributed by atoms with van der Waals surface area (Å²) in [4.78, 5) is 0. The van der Waals surface area contributed by atoms with Crippen LogP contribution in [0.3, 0.4) is 0 Å². The number of unbranched alkanes of at least 4 members (excludes halogenated alkanes) is 3. The van der Waals surface area contributed by atoms with Crippen LogP contribution in [0.15, 0.2) is 12.1 Å². The van der Waals surface area contributed by atoms with E-state index in [0.29, 0.717) is 24.8 Å². The van der Waals surface area contributed by atoms with E-state index >= 15 is 0 Å². The van der Waals surface area contributed by atoms with Crippen molar-refractivity contribution >= 4 is 0 Å². The molecule has 1 fully saturated rings. The molecule has 0 spiro atoms. The third kappa shape index (κ3) is 4.75. The maximum Gasteiger partial charge on any atom is 0.190 e. The van der Waals surface area contributed by atoms with Gasteiger partial charge in [-0.05, 0) is 37.0 Å². The largest absolute Gasteiger partial charge is 0.488 e. The van der Waals surface area contributed by atoms with Gasteiger partial charge < -0.3 is 10.1 Å². The van der Waals surface area contributed by atoms with Crippen molar-refractivity contribution in [2.75, 3.05) is 6.61 Å². The molecule has 2 nitrogen and oxygen atoms in total. The summed E-state index contributed by atoms with van der Waals surface area (Å²) < 4.78 is 32.9. The summed E-state index contributed by atoms with van der Waals surface area (Å²) in [7, 11) is 0. The lowest BCUT2D eigenvalue weighted by Crippen LogP contribution is -2.15. The summed E-state index contributed by atoms with van der Waals surface area (Å²) in [6.07, 6.45) is 6.43. The van der Waals surface area contributed by atoms with Crippen molar-refractivity contribution in [3.63, 3.8) is 0 Å². The number of halogens is 2. The quantitative estimate of drug-likeness (QED) is 0.687. The van der Waals surface area contributed by atoms with Gasteiger partial charge in [-0.3, -0.25) is 0 Å². The highest BCUT2D eigenvalue weighted by atomic mass is 19.1. The number of benzene rings is 1. The summed E-state index contributed by atoms with van der Waals surface area (Å²) in [5.74, 6) is -1.45. The third-order valence-corrected chi connectivity index (χ3v) is 3.47. The van der Waals surface area contributed by atoms with Crippen LogP contribution in [0.25, 0.3) is 0 Å². The zero-order valence-electron chi connectivity index (χ0n) is 12.1. The van der Waals surface area contributed by atoms with Crippen molar-refractivity contribution < 1.29 is 13.5 Å². The fourth-order valence-electron chi connectivity index (χ4n) is 2.11. The fraction of sp³-hybridized carbons (Fsp3) is 0.625. The average molecular weight is 283 g/mol. The van der Waals surface area contributed by atoms with E-state index < -0.39 is 11.6 Å². The monoisotopic (exact) mass is 283 g/mol. The van der Waals surface area contributed by atoms with Crippen LogP contribution in [0.4, 0.5) is 8.78 Å². The first-order valence-electron chi connectivity index (χ1n) is 7.54. The van der Waals surface area contributed by atoms with E-state index in [1.807, 2.05) is 0 Å². The van der Waals surface area contributed by atoms with Gasteiger partial charge in [-0.1, -0.05) is 26.2 Å². The van der Waals surface area contributed by atoms with Crippen LogP contribution in [-0.2, 0) is 6.54 Å². The fourth-order valence-corrected chi connectivity index (χ4v) is 2.11. The van der Waals surface area contributed by atoms with Gasteiger partial charge in [-0.15, -0.1) is 0 Å². The van der Waals surface area contributed by atoms with Gasteiger partial charge in [-0.25, -0.2) is 8.78 Å². The van der Waals surface area contributed by atoms with Crippen LogP contribution in [0.2, 0.25) is 0 Å². The molecular weight excluding hydrogens is 260 g/mol. The van der Waals surface area contributed by atoms with Crippen LogP contribution >= 0.6 is 0 Å². The Morgan fingerprint density at radius 1 is 1.15 bits per heavy atom. The first-order chi connectivity index (χ1) is 9.70. The normalized spacial score (nSPS) is 14.6. The minimum absolute atomic E-state index is 0.239. The zero-order valence-corrected chi connectivity index (χ0v) is 12.1. The van der Waals surface area contributed by atoms with E-state index in [1.165, 1.54) is 12.1 Å². The second-order valence-electron chi connectivity index (χ2n) is 5.45. The molecule has 1 aromatic rings. The van der Waals surface area contributed by atoms with Crippen LogP contribution in [0.1, 0.15) is 51.0 Å². The Hall–Kier alpha value is -1.16. The second kappa shape index (κ2) is 7.58. The molecule has 1 N–H and O–H groups in total. The Morgan fingerprint density at radius 3 is 2.45 bits per heavy atom. The summed E-state index contributed by atoms with van der Waals surface area (Å²) in [6.45, 7) is 3.00. The van der Waals surface area contributed by atoms with Crippen molar-refractivity contribution in [1.29, 1.82) is 0 Å². The highest BCUT2D eigenvalue weighted by Gasteiger charge is 2.20. The summed E-state index contributed by atoms with van der Waals surface area (Å²) in [5.41, 5.74) is 0.630. The molecule has 1 aromatic carbocycles. The number of nitrogens with one attached hydrogen (secondary N) is 1. The molecule has 0 bridgehead atoms. The lowest BCUT2D eigenvalue weighted by atomic mass is 10.2. The van der Waals surface area contributed by atoms with E-state index in [-0.39, 0.29) is 5.75 Å². The lowest BCUT2D eigenvalue weighted by Gasteiger charge is -2.10. The molecule has 0 aromatic heterocycles. The average Bonchev–Trinajstić information content (AvgIpc) is 3.23. The Kier molecular flexibility index (Phi) is 5.77. The molecule has 0 heterocycles. The van der Waals surface area contributed by atoms with Gasteiger partial charge in [-0.2, -0.15) is 0 Å². The molecule has 0 radical (unpaired) electrons. The minimum atomic E-state index is -0.604. The molecule has 0 aliphatic heterocycles. The third-order valence-electron chi connectivity index (χ3n) is 3.47. The van der Waals surface area contributed by atoms with E-state index in [2.05, 4.69) is 12.2 Å². The van der Waals surface area contributed by atoms with Crippen molar-refractivity contribution in [1.82, 2.24) is 5.32 Å². The Balaban J connectivity index is 1.84. The molecule has 4 heteroatoms. The molecule has 1 aliphatic carbocycles. The topological polar surface area (TPSA) is 21.3 Å². The van der Waals surface area contributed by atoms with Crippen molar-refractivity contribution in [3.8, 4) is 5.75 Å². The lowest BCUT2D eigenvalue weighted by molar-refractivity contribution is 0.275. The van der Waals surface area contributed by atoms with Gasteiger partial charge in [0, 0.05) is 12.6 Å². The second-order valence-corrected chi connectivity index (χ2v) is 5.45. The highest BCUT2D eigenvalue weighted by Crippen LogP contribution is 2.25. The molecule has 0 unspecified atom stereocenters. The van der Waals surface area contributed by atoms with E-state index in [9.17, 15) is 8.78 Å². The number of ether oxygens (including phenoxy) is 1. The number of hydrogen-bond donors (Lipinski definition) is 1. The van der Waals surface area contributed by atoms with Crippen LogP contribution in [-0.4, -0.2) is 12.6 Å². The zero-order chi connectivity index (χ0) is 14.4. The smallest absolute Gasteiger partial charge is 0.190 e. The summed E-state index contributed by atoms with van der Waals surface area (Å²) >= 11 is 0. The SMILES string of the molecule is CCCCCCOc1c(F)cc(CNC2CC2)cc1F. The van der Waals surface area contributed by atoms with Gasteiger partial charge in [0.2, 0.25) is 0 Å². The standard InChI is InChI=1S/C16H23F2NO/c1-2-3-4-5-8-20-16-14(17)9-12(10-15(16)18)11-19-13-6-7-13/h9-10,13,19H,2-8,11H2,1H3.